The van der Waals surface area contributed by atoms with Crippen LogP contribution in [-0.2, 0) is 28.6 Å². The molecule has 0 heterocycles. The molecule has 0 radical (unpaired) electrons. The van der Waals surface area contributed by atoms with Crippen LogP contribution >= 0.6 is 0 Å². The van der Waals surface area contributed by atoms with Crippen molar-refractivity contribution in [3.63, 3.8) is 0 Å². The summed E-state index contributed by atoms with van der Waals surface area (Å²) in [6, 6.07) is 0. The summed E-state index contributed by atoms with van der Waals surface area (Å²) in [6.07, 6.45) is 98.2. The number of carbonyl (C=O) groups is 3. The third kappa shape index (κ3) is 65.7. The zero-order valence-electron chi connectivity index (χ0n) is 52.2. The molecule has 0 aliphatic carbocycles. The van der Waals surface area contributed by atoms with Gasteiger partial charge >= 0.3 is 17.9 Å². The number of allylic oxidation sites excluding steroid dienone is 26. The molecule has 0 aromatic rings. The summed E-state index contributed by atoms with van der Waals surface area (Å²) in [5.74, 6) is -0.952. The Kier molecular flexibility index (Phi) is 63.4. The van der Waals surface area contributed by atoms with E-state index in [1.165, 1.54) is 77.0 Å². The molecule has 456 valence electrons. The summed E-state index contributed by atoms with van der Waals surface area (Å²) < 4.78 is 16.9. The molecule has 0 bridgehead atoms. The van der Waals surface area contributed by atoms with E-state index < -0.39 is 6.10 Å². The number of esters is 3. The molecular formula is C75H120O6. The first kappa shape index (κ1) is 76.0. The Morgan fingerprint density at radius 2 is 0.481 bits per heavy atom. The molecule has 0 N–H and O–H groups in total. The van der Waals surface area contributed by atoms with E-state index in [1.807, 2.05) is 0 Å². The topological polar surface area (TPSA) is 78.9 Å². The number of hydrogen-bond donors (Lipinski definition) is 0. The molecule has 0 fully saturated rings. The quantitative estimate of drug-likeness (QED) is 0.0261. The number of hydrogen-bond acceptors (Lipinski definition) is 6. The zero-order valence-corrected chi connectivity index (χ0v) is 52.2. The van der Waals surface area contributed by atoms with Crippen LogP contribution in [-0.4, -0.2) is 37.2 Å². The van der Waals surface area contributed by atoms with Gasteiger partial charge in [-0.3, -0.25) is 14.4 Å². The average molecular weight is 1120 g/mol. The van der Waals surface area contributed by atoms with E-state index in [1.54, 1.807) is 0 Å². The van der Waals surface area contributed by atoms with E-state index in [0.29, 0.717) is 19.3 Å². The summed E-state index contributed by atoms with van der Waals surface area (Å²) >= 11 is 0. The third-order valence-electron chi connectivity index (χ3n) is 13.5. The van der Waals surface area contributed by atoms with Gasteiger partial charge in [-0.15, -0.1) is 0 Å². The third-order valence-corrected chi connectivity index (χ3v) is 13.5. The molecule has 0 spiro atoms. The molecule has 0 aliphatic rings. The first-order chi connectivity index (χ1) is 40.0. The standard InChI is InChI=1S/C75H120O6/c1-4-7-10-13-16-19-22-25-27-29-31-32-33-34-35-36-37-38-39-40-41-42-44-45-47-50-53-56-59-62-65-68-74(77)80-71-72(70-79-73(76)67-64-61-58-55-52-49-24-21-18-15-12-9-6-3)81-75(78)69-66-63-60-57-54-51-48-46-43-30-28-26-23-20-17-14-11-8-5-2/h7,9-10,12,16-21,25-28,31-32,34-35,37-38,40-41,43,46,49,52,72H,4-6,8,11,13-15,22-24,29-30,33,36,39,42,44-45,47-48,50-51,53-71H2,1-3H3/b10-7-,12-9-,19-16-,20-17-,21-18-,27-25-,28-26-,32-31-,35-34-,38-37-,41-40-,46-43-,52-49-. The maximum absolute atomic E-state index is 12.9. The van der Waals surface area contributed by atoms with Crippen molar-refractivity contribution < 1.29 is 28.6 Å². The molecule has 0 amide bonds. The predicted molar refractivity (Wildman–Crippen MR) is 352 cm³/mol. The highest BCUT2D eigenvalue weighted by Gasteiger charge is 2.19. The second-order valence-electron chi connectivity index (χ2n) is 21.3. The van der Waals surface area contributed by atoms with Crippen LogP contribution in [0.1, 0.15) is 278 Å². The van der Waals surface area contributed by atoms with Crippen molar-refractivity contribution in [1.82, 2.24) is 0 Å². The van der Waals surface area contributed by atoms with Crippen LogP contribution < -0.4 is 0 Å². The molecule has 0 saturated heterocycles. The van der Waals surface area contributed by atoms with Crippen molar-refractivity contribution >= 4 is 17.9 Å². The fourth-order valence-corrected chi connectivity index (χ4v) is 8.62. The summed E-state index contributed by atoms with van der Waals surface area (Å²) in [7, 11) is 0. The van der Waals surface area contributed by atoms with Crippen LogP contribution in [0.15, 0.2) is 158 Å². The van der Waals surface area contributed by atoms with Crippen molar-refractivity contribution in [3.05, 3.63) is 158 Å². The molecule has 0 aromatic carbocycles. The van der Waals surface area contributed by atoms with Crippen molar-refractivity contribution in [3.8, 4) is 0 Å². The molecule has 0 aliphatic heterocycles. The van der Waals surface area contributed by atoms with Gasteiger partial charge < -0.3 is 14.2 Å². The highest BCUT2D eigenvalue weighted by atomic mass is 16.6. The Balaban J connectivity index is 4.35. The van der Waals surface area contributed by atoms with Crippen LogP contribution in [0.2, 0.25) is 0 Å². The minimum absolute atomic E-state index is 0.102. The first-order valence-electron chi connectivity index (χ1n) is 33.0. The van der Waals surface area contributed by atoms with Gasteiger partial charge in [-0.1, -0.05) is 269 Å². The Hall–Kier alpha value is -4.97. The fourth-order valence-electron chi connectivity index (χ4n) is 8.62. The maximum atomic E-state index is 12.9. The molecule has 6 nitrogen and oxygen atoms in total. The van der Waals surface area contributed by atoms with E-state index in [0.717, 1.165) is 161 Å². The maximum Gasteiger partial charge on any atom is 0.306 e. The Labute approximate surface area is 499 Å². The highest BCUT2D eigenvalue weighted by molar-refractivity contribution is 5.71. The van der Waals surface area contributed by atoms with E-state index in [2.05, 4.69) is 179 Å². The summed E-state index contributed by atoms with van der Waals surface area (Å²) in [4.78, 5) is 38.3. The van der Waals surface area contributed by atoms with Gasteiger partial charge in [0.2, 0.25) is 0 Å². The van der Waals surface area contributed by atoms with Crippen LogP contribution in [0.4, 0.5) is 0 Å². The van der Waals surface area contributed by atoms with Gasteiger partial charge in [0.15, 0.2) is 6.10 Å². The van der Waals surface area contributed by atoms with Gasteiger partial charge in [0.1, 0.15) is 13.2 Å². The minimum Gasteiger partial charge on any atom is -0.462 e. The number of rotatable bonds is 58. The normalized spacial score (nSPS) is 13.2. The molecule has 6 heteroatoms. The van der Waals surface area contributed by atoms with Gasteiger partial charge in [-0.25, -0.2) is 0 Å². The lowest BCUT2D eigenvalue weighted by Crippen LogP contribution is -2.30. The molecule has 0 aromatic heterocycles. The van der Waals surface area contributed by atoms with Crippen LogP contribution in [0.25, 0.3) is 0 Å². The van der Waals surface area contributed by atoms with Crippen molar-refractivity contribution in [2.45, 2.75) is 284 Å². The SMILES string of the molecule is CC/C=C\C/C=C\C/C=C\C/C=C\C/C=C\C/C=C\C/C=C\CCCCCCCCCCCC(=O)OCC(COC(=O)CCCCC/C=C\C/C=C\C/C=C\CC)OC(=O)CCCCCCCC/C=C\C/C=C\C/C=C\CCCCC. The smallest absolute Gasteiger partial charge is 0.306 e. The van der Waals surface area contributed by atoms with Gasteiger partial charge in [0.05, 0.1) is 0 Å². The largest absolute Gasteiger partial charge is 0.462 e. The minimum atomic E-state index is -0.808. The van der Waals surface area contributed by atoms with Crippen LogP contribution in [0, 0.1) is 0 Å². The molecular weight excluding hydrogens is 997 g/mol. The van der Waals surface area contributed by atoms with Gasteiger partial charge in [-0.2, -0.15) is 0 Å². The lowest BCUT2D eigenvalue weighted by Gasteiger charge is -2.18. The van der Waals surface area contributed by atoms with Crippen molar-refractivity contribution in [1.29, 1.82) is 0 Å². The van der Waals surface area contributed by atoms with E-state index in [4.69, 9.17) is 14.2 Å². The Morgan fingerprint density at radius 3 is 0.765 bits per heavy atom. The van der Waals surface area contributed by atoms with Gasteiger partial charge in [-0.05, 0) is 148 Å². The molecule has 1 unspecified atom stereocenters. The van der Waals surface area contributed by atoms with Crippen LogP contribution in [0.5, 0.6) is 0 Å². The van der Waals surface area contributed by atoms with Gasteiger partial charge in [0, 0.05) is 19.3 Å². The molecule has 1 atom stereocenters. The van der Waals surface area contributed by atoms with Crippen molar-refractivity contribution in [2.75, 3.05) is 13.2 Å². The second-order valence-corrected chi connectivity index (χ2v) is 21.3. The fraction of sp³-hybridized carbons (Fsp3) is 0.613. The summed E-state index contributed by atoms with van der Waals surface area (Å²) in [5, 5.41) is 0. The lowest BCUT2D eigenvalue weighted by molar-refractivity contribution is -0.167. The Bertz CT molecular complexity index is 1810. The molecule has 81 heavy (non-hydrogen) atoms. The highest BCUT2D eigenvalue weighted by Crippen LogP contribution is 2.15. The second kappa shape index (κ2) is 67.5. The first-order valence-corrected chi connectivity index (χ1v) is 33.0. The van der Waals surface area contributed by atoms with Crippen LogP contribution in [0.3, 0.4) is 0 Å². The van der Waals surface area contributed by atoms with Crippen molar-refractivity contribution in [2.24, 2.45) is 0 Å². The number of unbranched alkanes of at least 4 members (excludes halogenated alkanes) is 21. The molecule has 0 saturated carbocycles. The summed E-state index contributed by atoms with van der Waals surface area (Å²) in [5.41, 5.74) is 0. The monoisotopic (exact) mass is 1120 g/mol. The molecule has 0 rings (SSSR count). The lowest BCUT2D eigenvalue weighted by atomic mass is 10.1. The Morgan fingerprint density at radius 1 is 0.259 bits per heavy atom. The van der Waals surface area contributed by atoms with E-state index >= 15 is 0 Å². The van der Waals surface area contributed by atoms with E-state index in [9.17, 15) is 14.4 Å². The number of carbonyl (C=O) groups excluding carboxylic acids is 3. The zero-order chi connectivity index (χ0) is 58.5. The summed E-state index contributed by atoms with van der Waals surface area (Å²) in [6.45, 7) is 6.34. The average Bonchev–Trinajstić information content (AvgIpc) is 3.46. The number of ether oxygens (including phenoxy) is 3. The van der Waals surface area contributed by atoms with E-state index in [-0.39, 0.29) is 31.1 Å². The van der Waals surface area contributed by atoms with Gasteiger partial charge in [0.25, 0.3) is 0 Å². The predicted octanol–water partition coefficient (Wildman–Crippen LogP) is 22.9.